The number of carbonyl (C=O) groups excluding carboxylic acids is 1. The highest BCUT2D eigenvalue weighted by Crippen LogP contribution is 2.42. The Kier molecular flexibility index (Phi) is 6.46. The zero-order valence-corrected chi connectivity index (χ0v) is 18.8. The molecule has 1 unspecified atom stereocenters. The molecule has 2 heterocycles. The number of thioether (sulfide) groups is 1. The first-order chi connectivity index (χ1) is 14.5. The molecule has 0 spiro atoms. The average Bonchev–Trinajstić information content (AvgIpc) is 3.32. The number of aromatic nitrogens is 4. The maximum atomic E-state index is 12.4. The molecule has 1 aliphatic rings. The lowest BCUT2D eigenvalue weighted by Crippen LogP contribution is -2.33. The van der Waals surface area contributed by atoms with Crippen molar-refractivity contribution in [2.24, 2.45) is 5.92 Å². The average molecular weight is 426 g/mol. The van der Waals surface area contributed by atoms with Crippen LogP contribution in [0.4, 0.5) is 0 Å². The van der Waals surface area contributed by atoms with Crippen molar-refractivity contribution in [3.05, 3.63) is 30.5 Å². The van der Waals surface area contributed by atoms with E-state index < -0.39 is 0 Å². The van der Waals surface area contributed by atoms with E-state index in [0.717, 1.165) is 53.1 Å². The molecule has 1 aliphatic carbocycles. The van der Waals surface area contributed by atoms with Gasteiger partial charge in [0, 0.05) is 34.7 Å². The quantitative estimate of drug-likeness (QED) is 0.439. The Morgan fingerprint density at radius 2 is 2.03 bits per heavy atom. The van der Waals surface area contributed by atoms with Crippen molar-refractivity contribution in [2.75, 3.05) is 5.75 Å². The molecule has 1 fully saturated rings. The topological polar surface area (TPSA) is 75.6 Å². The summed E-state index contributed by atoms with van der Waals surface area (Å²) in [6.07, 6.45) is 7.66. The summed E-state index contributed by atoms with van der Waals surface area (Å²) in [5.41, 5.74) is 2.16. The van der Waals surface area contributed by atoms with Crippen LogP contribution in [-0.2, 0) is 4.79 Å². The number of para-hydroxylation sites is 1. The Balaban J connectivity index is 1.41. The lowest BCUT2D eigenvalue weighted by molar-refractivity contribution is -0.119. The van der Waals surface area contributed by atoms with E-state index >= 15 is 0 Å². The van der Waals surface area contributed by atoms with Crippen LogP contribution < -0.4 is 5.32 Å². The third kappa shape index (κ3) is 4.89. The number of rotatable bonds is 10. The van der Waals surface area contributed by atoms with E-state index in [9.17, 15) is 4.79 Å². The summed E-state index contributed by atoms with van der Waals surface area (Å²) < 4.78 is 2.22. The third-order valence-corrected chi connectivity index (χ3v) is 6.51. The van der Waals surface area contributed by atoms with E-state index in [-0.39, 0.29) is 11.9 Å². The first-order valence-electron chi connectivity index (χ1n) is 11.0. The summed E-state index contributed by atoms with van der Waals surface area (Å²) in [6, 6.07) is 8.88. The molecule has 1 amide bonds. The van der Waals surface area contributed by atoms with Crippen LogP contribution in [0.2, 0.25) is 0 Å². The van der Waals surface area contributed by atoms with E-state index in [0.29, 0.717) is 17.7 Å². The van der Waals surface area contributed by atoms with Crippen LogP contribution in [0.25, 0.3) is 22.3 Å². The van der Waals surface area contributed by atoms with Crippen molar-refractivity contribution in [2.45, 2.75) is 70.1 Å². The van der Waals surface area contributed by atoms with Crippen LogP contribution in [0.15, 0.2) is 35.6 Å². The molecule has 0 saturated heterocycles. The fourth-order valence-electron chi connectivity index (χ4n) is 3.83. The van der Waals surface area contributed by atoms with Crippen molar-refractivity contribution in [1.82, 2.24) is 25.1 Å². The first-order valence-corrected chi connectivity index (χ1v) is 11.9. The summed E-state index contributed by atoms with van der Waals surface area (Å²) in [5, 5.41) is 14.1. The van der Waals surface area contributed by atoms with Gasteiger partial charge in [0.15, 0.2) is 11.0 Å². The molecular weight excluding hydrogens is 394 g/mol. The summed E-state index contributed by atoms with van der Waals surface area (Å²) in [4.78, 5) is 15.8. The number of aromatic amines is 1. The van der Waals surface area contributed by atoms with Gasteiger partial charge >= 0.3 is 0 Å². The molecular formula is C23H31N5OS. The van der Waals surface area contributed by atoms with E-state index in [1.165, 1.54) is 18.2 Å². The van der Waals surface area contributed by atoms with Crippen LogP contribution in [0.3, 0.4) is 0 Å². The van der Waals surface area contributed by atoms with Crippen molar-refractivity contribution < 1.29 is 4.79 Å². The van der Waals surface area contributed by atoms with Gasteiger partial charge in [0.1, 0.15) is 0 Å². The molecule has 2 aromatic heterocycles. The number of nitrogens with zero attached hydrogens (tertiary/aromatic N) is 3. The molecule has 1 aromatic carbocycles. The van der Waals surface area contributed by atoms with Crippen LogP contribution in [0.5, 0.6) is 0 Å². The van der Waals surface area contributed by atoms with Gasteiger partial charge in [-0.1, -0.05) is 56.7 Å². The number of hydrogen-bond donors (Lipinski definition) is 2. The zero-order chi connectivity index (χ0) is 21.1. The highest BCUT2D eigenvalue weighted by molar-refractivity contribution is 7.99. The Morgan fingerprint density at radius 1 is 1.23 bits per heavy atom. The van der Waals surface area contributed by atoms with Gasteiger partial charge in [-0.2, -0.15) is 0 Å². The maximum absolute atomic E-state index is 12.4. The van der Waals surface area contributed by atoms with E-state index in [4.69, 9.17) is 0 Å². The van der Waals surface area contributed by atoms with Crippen LogP contribution >= 0.6 is 11.8 Å². The van der Waals surface area contributed by atoms with Gasteiger partial charge < -0.3 is 10.3 Å². The van der Waals surface area contributed by atoms with Gasteiger partial charge in [-0.15, -0.1) is 10.2 Å². The van der Waals surface area contributed by atoms with E-state index in [1.54, 1.807) is 0 Å². The molecule has 0 aliphatic heterocycles. The molecule has 6 nitrogen and oxygen atoms in total. The van der Waals surface area contributed by atoms with Crippen LogP contribution in [-0.4, -0.2) is 37.5 Å². The minimum atomic E-state index is 0.0658. The minimum Gasteiger partial charge on any atom is -0.360 e. The predicted molar refractivity (Wildman–Crippen MR) is 123 cm³/mol. The molecule has 1 atom stereocenters. The molecule has 4 rings (SSSR count). The predicted octanol–water partition coefficient (Wildman–Crippen LogP) is 5.18. The molecule has 3 aromatic rings. The van der Waals surface area contributed by atoms with Crippen LogP contribution in [0.1, 0.15) is 58.9 Å². The fraction of sp³-hybridized carbons (Fsp3) is 0.522. The minimum absolute atomic E-state index is 0.0658. The lowest BCUT2D eigenvalue weighted by Gasteiger charge is -2.14. The monoisotopic (exact) mass is 425 g/mol. The standard InChI is InChI=1S/C23H31N5OS/c1-15(2)7-6-8-16(3)25-21(29)14-30-23-27-26-22(28(23)17-11-12-17)19-13-24-20-10-5-4-9-18(19)20/h4-5,9-10,13,15-17,24H,6-8,11-12,14H2,1-3H3,(H,25,29). The van der Waals surface area contributed by atoms with Crippen LogP contribution in [0, 0.1) is 5.92 Å². The number of hydrogen-bond acceptors (Lipinski definition) is 4. The summed E-state index contributed by atoms with van der Waals surface area (Å²) in [7, 11) is 0. The molecule has 7 heteroatoms. The van der Waals surface area contributed by atoms with Crippen molar-refractivity contribution >= 4 is 28.6 Å². The molecule has 160 valence electrons. The fourth-order valence-corrected chi connectivity index (χ4v) is 4.65. The number of H-pyrrole nitrogens is 1. The molecule has 2 N–H and O–H groups in total. The zero-order valence-electron chi connectivity index (χ0n) is 18.0. The number of fused-ring (bicyclic) bond motifs is 1. The Labute approximate surface area is 182 Å². The Hall–Kier alpha value is -2.28. The van der Waals surface area contributed by atoms with Gasteiger partial charge in [-0.3, -0.25) is 9.36 Å². The second-order valence-corrected chi connectivity index (χ2v) is 9.68. The van der Waals surface area contributed by atoms with Gasteiger partial charge in [-0.25, -0.2) is 0 Å². The second-order valence-electron chi connectivity index (χ2n) is 8.74. The first kappa shape index (κ1) is 21.0. The van der Waals surface area contributed by atoms with E-state index in [2.05, 4.69) is 58.0 Å². The van der Waals surface area contributed by atoms with Gasteiger partial charge in [0.25, 0.3) is 0 Å². The lowest BCUT2D eigenvalue weighted by atomic mass is 10.0. The number of amides is 1. The maximum Gasteiger partial charge on any atom is 0.230 e. The highest BCUT2D eigenvalue weighted by Gasteiger charge is 2.31. The second kappa shape index (κ2) is 9.25. The molecule has 1 saturated carbocycles. The van der Waals surface area contributed by atoms with Gasteiger partial charge in [0.2, 0.25) is 5.91 Å². The smallest absolute Gasteiger partial charge is 0.230 e. The Morgan fingerprint density at radius 3 is 2.80 bits per heavy atom. The SMILES string of the molecule is CC(C)CCCC(C)NC(=O)CSc1nnc(-c2c[nH]c3ccccc23)n1C1CC1. The Bertz CT molecular complexity index is 1000. The van der Waals surface area contributed by atoms with Crippen molar-refractivity contribution in [1.29, 1.82) is 0 Å². The largest absolute Gasteiger partial charge is 0.360 e. The van der Waals surface area contributed by atoms with Crippen molar-refractivity contribution in [3.8, 4) is 11.4 Å². The van der Waals surface area contributed by atoms with Gasteiger partial charge in [0.05, 0.1) is 5.75 Å². The molecule has 30 heavy (non-hydrogen) atoms. The normalized spacial score (nSPS) is 15.1. The summed E-state index contributed by atoms with van der Waals surface area (Å²) >= 11 is 1.48. The van der Waals surface area contributed by atoms with E-state index in [1.807, 2.05) is 18.3 Å². The highest BCUT2D eigenvalue weighted by atomic mass is 32.2. The summed E-state index contributed by atoms with van der Waals surface area (Å²) in [5.74, 6) is 2.03. The molecule has 0 radical (unpaired) electrons. The summed E-state index contributed by atoms with van der Waals surface area (Å²) in [6.45, 7) is 6.56. The van der Waals surface area contributed by atoms with Crippen molar-refractivity contribution in [3.63, 3.8) is 0 Å². The molecule has 0 bridgehead atoms. The number of benzene rings is 1. The number of nitrogens with one attached hydrogen (secondary N) is 2. The third-order valence-electron chi connectivity index (χ3n) is 5.57. The number of carbonyl (C=O) groups is 1. The van der Waals surface area contributed by atoms with Gasteiger partial charge in [-0.05, 0) is 38.2 Å².